The number of hydrogen-bond donors (Lipinski definition) is 1. The standard InChI is InChI=1S/C14H19N3O2/c1-15-13(18)11-3-2-6-16-12(11)17-7-4-14(9-17)5-8-19-10-14/h2-3,6H,4-5,7-10H2,1H3,(H,15,18)/t14-/m0/s1. The Morgan fingerprint density at radius 1 is 1.53 bits per heavy atom. The van der Waals surface area contributed by atoms with E-state index in [1.54, 1.807) is 19.3 Å². The summed E-state index contributed by atoms with van der Waals surface area (Å²) < 4.78 is 5.54. The van der Waals surface area contributed by atoms with Gasteiger partial charge in [0.1, 0.15) is 5.82 Å². The Bertz CT molecular complexity index is 483. The Morgan fingerprint density at radius 2 is 2.42 bits per heavy atom. The number of aromatic nitrogens is 1. The van der Waals surface area contributed by atoms with E-state index >= 15 is 0 Å². The molecule has 1 spiro atoms. The maximum atomic E-state index is 11.9. The molecule has 2 saturated heterocycles. The number of ether oxygens (including phenoxy) is 1. The van der Waals surface area contributed by atoms with Gasteiger partial charge in [0.2, 0.25) is 0 Å². The fraction of sp³-hybridized carbons (Fsp3) is 0.571. The molecular weight excluding hydrogens is 242 g/mol. The molecule has 102 valence electrons. The highest BCUT2D eigenvalue weighted by molar-refractivity contribution is 5.98. The lowest BCUT2D eigenvalue weighted by Gasteiger charge is -2.23. The van der Waals surface area contributed by atoms with Gasteiger partial charge in [0.05, 0.1) is 12.2 Å². The highest BCUT2D eigenvalue weighted by Crippen LogP contribution is 2.40. The van der Waals surface area contributed by atoms with Crippen molar-refractivity contribution in [2.24, 2.45) is 5.41 Å². The molecule has 3 heterocycles. The Balaban J connectivity index is 1.85. The molecule has 5 heteroatoms. The average molecular weight is 261 g/mol. The zero-order valence-electron chi connectivity index (χ0n) is 11.2. The van der Waals surface area contributed by atoms with E-state index in [2.05, 4.69) is 15.2 Å². The molecule has 2 aliphatic heterocycles. The van der Waals surface area contributed by atoms with E-state index in [1.807, 2.05) is 6.07 Å². The second-order valence-corrected chi connectivity index (χ2v) is 5.43. The van der Waals surface area contributed by atoms with Crippen molar-refractivity contribution < 1.29 is 9.53 Å². The molecule has 1 aromatic heterocycles. The van der Waals surface area contributed by atoms with E-state index in [9.17, 15) is 4.79 Å². The molecule has 0 radical (unpaired) electrons. The Hall–Kier alpha value is -1.62. The van der Waals surface area contributed by atoms with Crippen LogP contribution in [0.5, 0.6) is 0 Å². The SMILES string of the molecule is CNC(=O)c1cccnc1N1CC[C@]2(CCOC2)C1. The first-order valence-corrected chi connectivity index (χ1v) is 6.74. The van der Waals surface area contributed by atoms with Crippen molar-refractivity contribution >= 4 is 11.7 Å². The van der Waals surface area contributed by atoms with Crippen LogP contribution in [0, 0.1) is 5.41 Å². The van der Waals surface area contributed by atoms with Crippen LogP contribution in [0.15, 0.2) is 18.3 Å². The van der Waals surface area contributed by atoms with E-state index in [4.69, 9.17) is 4.74 Å². The number of carbonyl (C=O) groups excluding carboxylic acids is 1. The first-order valence-electron chi connectivity index (χ1n) is 6.74. The van der Waals surface area contributed by atoms with Crippen LogP contribution in [0.3, 0.4) is 0 Å². The van der Waals surface area contributed by atoms with Gasteiger partial charge in [0.15, 0.2) is 0 Å². The fourth-order valence-corrected chi connectivity index (χ4v) is 3.05. The summed E-state index contributed by atoms with van der Waals surface area (Å²) in [5.74, 6) is 0.720. The van der Waals surface area contributed by atoms with Crippen LogP contribution >= 0.6 is 0 Å². The predicted octanol–water partition coefficient (Wildman–Crippen LogP) is 1.06. The highest BCUT2D eigenvalue weighted by atomic mass is 16.5. The summed E-state index contributed by atoms with van der Waals surface area (Å²) in [7, 11) is 1.65. The minimum atomic E-state index is -0.0771. The van der Waals surface area contributed by atoms with Gasteiger partial charge in [-0.3, -0.25) is 4.79 Å². The maximum absolute atomic E-state index is 11.9. The molecule has 19 heavy (non-hydrogen) atoms. The van der Waals surface area contributed by atoms with E-state index < -0.39 is 0 Å². The average Bonchev–Trinajstić information content (AvgIpc) is 3.09. The van der Waals surface area contributed by atoms with Gasteiger partial charge in [-0.05, 0) is 25.0 Å². The molecule has 2 fully saturated rings. The predicted molar refractivity (Wildman–Crippen MR) is 72.3 cm³/mol. The van der Waals surface area contributed by atoms with Gasteiger partial charge in [-0.15, -0.1) is 0 Å². The molecular formula is C14H19N3O2. The minimum absolute atomic E-state index is 0.0771. The molecule has 0 unspecified atom stereocenters. The number of rotatable bonds is 2. The first kappa shape index (κ1) is 12.4. The van der Waals surface area contributed by atoms with Gasteiger partial charge in [-0.2, -0.15) is 0 Å². The van der Waals surface area contributed by atoms with Crippen molar-refractivity contribution in [3.05, 3.63) is 23.9 Å². The summed E-state index contributed by atoms with van der Waals surface area (Å²) in [5.41, 5.74) is 0.929. The quantitative estimate of drug-likeness (QED) is 0.865. The van der Waals surface area contributed by atoms with E-state index in [-0.39, 0.29) is 11.3 Å². The first-order chi connectivity index (χ1) is 9.24. The highest BCUT2D eigenvalue weighted by Gasteiger charge is 2.42. The summed E-state index contributed by atoms with van der Waals surface area (Å²) in [6.07, 6.45) is 3.99. The van der Waals surface area contributed by atoms with Crippen molar-refractivity contribution in [3.8, 4) is 0 Å². The fourth-order valence-electron chi connectivity index (χ4n) is 3.05. The van der Waals surface area contributed by atoms with Crippen LogP contribution in [-0.4, -0.2) is 44.2 Å². The van der Waals surface area contributed by atoms with E-state index in [1.165, 1.54) is 0 Å². The maximum Gasteiger partial charge on any atom is 0.254 e. The van der Waals surface area contributed by atoms with Crippen LogP contribution in [0.1, 0.15) is 23.2 Å². The van der Waals surface area contributed by atoms with E-state index in [0.29, 0.717) is 5.56 Å². The number of pyridine rings is 1. The van der Waals surface area contributed by atoms with Crippen molar-refractivity contribution in [1.82, 2.24) is 10.3 Å². The van der Waals surface area contributed by atoms with Crippen LogP contribution < -0.4 is 10.2 Å². The van der Waals surface area contributed by atoms with Crippen molar-refractivity contribution in [2.45, 2.75) is 12.8 Å². The van der Waals surface area contributed by atoms with Crippen molar-refractivity contribution in [1.29, 1.82) is 0 Å². The normalized spacial score (nSPS) is 26.1. The summed E-state index contributed by atoms with van der Waals surface area (Å²) in [6, 6.07) is 3.63. The summed E-state index contributed by atoms with van der Waals surface area (Å²) in [6.45, 7) is 3.59. The number of nitrogens with zero attached hydrogens (tertiary/aromatic N) is 2. The van der Waals surface area contributed by atoms with Crippen LogP contribution in [-0.2, 0) is 4.74 Å². The van der Waals surface area contributed by atoms with Gasteiger partial charge in [-0.1, -0.05) is 0 Å². The second kappa shape index (κ2) is 4.81. The second-order valence-electron chi connectivity index (χ2n) is 5.43. The summed E-state index contributed by atoms with van der Waals surface area (Å²) in [5, 5.41) is 2.68. The largest absolute Gasteiger partial charge is 0.381 e. The third-order valence-corrected chi connectivity index (χ3v) is 4.18. The molecule has 5 nitrogen and oxygen atoms in total. The van der Waals surface area contributed by atoms with Crippen LogP contribution in [0.25, 0.3) is 0 Å². The Morgan fingerprint density at radius 3 is 3.16 bits per heavy atom. The monoisotopic (exact) mass is 261 g/mol. The molecule has 0 bridgehead atoms. The number of anilines is 1. The van der Waals surface area contributed by atoms with E-state index in [0.717, 1.165) is 45.0 Å². The summed E-state index contributed by atoms with van der Waals surface area (Å²) >= 11 is 0. The third kappa shape index (κ3) is 2.18. The molecule has 2 aliphatic rings. The number of nitrogens with one attached hydrogen (secondary N) is 1. The Labute approximate surface area is 113 Å². The zero-order valence-corrected chi connectivity index (χ0v) is 11.2. The van der Waals surface area contributed by atoms with Gasteiger partial charge < -0.3 is 15.0 Å². The van der Waals surface area contributed by atoms with Gasteiger partial charge in [0, 0.05) is 38.4 Å². The molecule has 3 rings (SSSR count). The zero-order chi connectivity index (χ0) is 13.3. The van der Waals surface area contributed by atoms with Crippen molar-refractivity contribution in [3.63, 3.8) is 0 Å². The van der Waals surface area contributed by atoms with Gasteiger partial charge in [0.25, 0.3) is 5.91 Å². The molecule has 1 N–H and O–H groups in total. The topological polar surface area (TPSA) is 54.5 Å². The number of carbonyl (C=O) groups is 1. The lowest BCUT2D eigenvalue weighted by Crippen LogP contribution is -2.30. The molecule has 1 aromatic rings. The Kier molecular flexibility index (Phi) is 3.14. The smallest absolute Gasteiger partial charge is 0.254 e. The number of amides is 1. The molecule has 0 aromatic carbocycles. The molecule has 0 saturated carbocycles. The molecule has 1 amide bonds. The van der Waals surface area contributed by atoms with Crippen LogP contribution in [0.4, 0.5) is 5.82 Å². The molecule has 1 atom stereocenters. The minimum Gasteiger partial charge on any atom is -0.381 e. The van der Waals surface area contributed by atoms with Crippen molar-refractivity contribution in [2.75, 3.05) is 38.3 Å². The lowest BCUT2D eigenvalue weighted by atomic mass is 9.87. The number of hydrogen-bond acceptors (Lipinski definition) is 4. The third-order valence-electron chi connectivity index (χ3n) is 4.18. The lowest BCUT2D eigenvalue weighted by molar-refractivity contribution is 0.0963. The van der Waals surface area contributed by atoms with Gasteiger partial charge in [-0.25, -0.2) is 4.98 Å². The molecule has 0 aliphatic carbocycles. The summed E-state index contributed by atoms with van der Waals surface area (Å²) in [4.78, 5) is 18.5. The van der Waals surface area contributed by atoms with Crippen LogP contribution in [0.2, 0.25) is 0 Å². The van der Waals surface area contributed by atoms with Gasteiger partial charge >= 0.3 is 0 Å².